The molecule has 4 atom stereocenters. The van der Waals surface area contributed by atoms with Gasteiger partial charge < -0.3 is 41.4 Å². The van der Waals surface area contributed by atoms with Gasteiger partial charge in [-0.1, -0.05) is 43.3 Å². The average Bonchev–Trinajstić information content (AvgIpc) is 3.48. The molecular formula is C35H46N6O8S. The van der Waals surface area contributed by atoms with Crippen LogP contribution < -0.4 is 26.6 Å². The molecule has 0 aliphatic heterocycles. The van der Waals surface area contributed by atoms with Crippen molar-refractivity contribution in [3.8, 4) is 0 Å². The van der Waals surface area contributed by atoms with Gasteiger partial charge in [0, 0.05) is 29.2 Å². The van der Waals surface area contributed by atoms with Crippen LogP contribution in [0.25, 0.3) is 10.9 Å². The summed E-state index contributed by atoms with van der Waals surface area (Å²) in [5.74, 6) is -3.88. The van der Waals surface area contributed by atoms with Crippen LogP contribution in [0.5, 0.6) is 0 Å². The summed E-state index contributed by atoms with van der Waals surface area (Å²) in [5, 5.41) is 23.2. The molecule has 0 aliphatic rings. The number of ether oxygens (including phenoxy) is 1. The van der Waals surface area contributed by atoms with Gasteiger partial charge in [0.1, 0.15) is 29.8 Å². The van der Waals surface area contributed by atoms with Gasteiger partial charge in [-0.15, -0.1) is 0 Å². The van der Waals surface area contributed by atoms with Crippen LogP contribution in [0.2, 0.25) is 0 Å². The SMILES string of the molecule is CCC(C)(C)OC(=O)N[C@@H](Cc1c[nH]c2ccccc12)C(=O)N[C@@H](CCSC)C(=O)N[C@@H](CC(=O)O)C(=O)N[C@@H](C)C(=O)Nc1ccccc1. The fourth-order valence-corrected chi connectivity index (χ4v) is 5.28. The van der Waals surface area contributed by atoms with Gasteiger partial charge >= 0.3 is 12.1 Å². The van der Waals surface area contributed by atoms with E-state index in [4.69, 9.17) is 4.74 Å². The summed E-state index contributed by atoms with van der Waals surface area (Å²) in [7, 11) is 0. The molecule has 14 nitrogen and oxygen atoms in total. The molecule has 0 saturated carbocycles. The second kappa shape index (κ2) is 18.6. The van der Waals surface area contributed by atoms with Gasteiger partial charge in [0.2, 0.25) is 23.6 Å². The number of alkyl carbamates (subject to hydrolysis) is 1. The van der Waals surface area contributed by atoms with Crippen LogP contribution in [0.1, 0.15) is 52.5 Å². The lowest BCUT2D eigenvalue weighted by Gasteiger charge is -2.27. The number of thioether (sulfide) groups is 1. The highest BCUT2D eigenvalue weighted by atomic mass is 32.2. The summed E-state index contributed by atoms with van der Waals surface area (Å²) in [6.07, 6.45) is 2.67. The van der Waals surface area contributed by atoms with Gasteiger partial charge in [-0.25, -0.2) is 4.79 Å². The van der Waals surface area contributed by atoms with Crippen LogP contribution in [0, 0.1) is 0 Å². The first-order valence-electron chi connectivity index (χ1n) is 16.2. The van der Waals surface area contributed by atoms with E-state index >= 15 is 0 Å². The van der Waals surface area contributed by atoms with E-state index in [1.54, 1.807) is 50.4 Å². The van der Waals surface area contributed by atoms with Crippen molar-refractivity contribution in [1.29, 1.82) is 0 Å². The Morgan fingerprint density at radius 3 is 2.12 bits per heavy atom. The number of hydrogen-bond acceptors (Lipinski definition) is 8. The van der Waals surface area contributed by atoms with Gasteiger partial charge in [0.15, 0.2) is 0 Å². The molecule has 0 bridgehead atoms. The third kappa shape index (κ3) is 12.1. The molecule has 5 amide bonds. The first-order chi connectivity index (χ1) is 23.7. The maximum absolute atomic E-state index is 13.8. The number of aromatic amines is 1. The van der Waals surface area contributed by atoms with E-state index < -0.39 is 71.9 Å². The van der Waals surface area contributed by atoms with Gasteiger partial charge in [-0.2, -0.15) is 11.8 Å². The highest BCUT2D eigenvalue weighted by Gasteiger charge is 2.33. The van der Waals surface area contributed by atoms with Crippen molar-refractivity contribution in [3.63, 3.8) is 0 Å². The molecule has 50 heavy (non-hydrogen) atoms. The first-order valence-corrected chi connectivity index (χ1v) is 17.6. The quantitative estimate of drug-likeness (QED) is 0.103. The van der Waals surface area contributed by atoms with E-state index in [2.05, 4.69) is 31.6 Å². The molecule has 15 heteroatoms. The number of nitrogens with one attached hydrogen (secondary N) is 6. The third-order valence-electron chi connectivity index (χ3n) is 7.98. The Morgan fingerprint density at radius 2 is 1.46 bits per heavy atom. The monoisotopic (exact) mass is 710 g/mol. The number of rotatable bonds is 18. The van der Waals surface area contributed by atoms with Crippen molar-refractivity contribution in [2.75, 3.05) is 17.3 Å². The molecule has 0 aliphatic carbocycles. The Labute approximate surface area is 295 Å². The number of anilines is 1. The summed E-state index contributed by atoms with van der Waals surface area (Å²) < 4.78 is 5.54. The zero-order valence-corrected chi connectivity index (χ0v) is 29.6. The van der Waals surface area contributed by atoms with Crippen LogP contribution in [-0.4, -0.2) is 87.6 Å². The van der Waals surface area contributed by atoms with E-state index in [9.17, 15) is 33.9 Å². The van der Waals surface area contributed by atoms with Crippen molar-refractivity contribution in [1.82, 2.24) is 26.3 Å². The first kappa shape index (κ1) is 39.4. The minimum Gasteiger partial charge on any atom is -0.481 e. The summed E-state index contributed by atoms with van der Waals surface area (Å²) in [5.41, 5.74) is 1.28. The lowest BCUT2D eigenvalue weighted by atomic mass is 10.0. The van der Waals surface area contributed by atoms with Crippen LogP contribution >= 0.6 is 11.8 Å². The molecule has 1 heterocycles. The van der Waals surface area contributed by atoms with E-state index in [-0.39, 0.29) is 12.8 Å². The molecule has 0 saturated heterocycles. The molecule has 2 aromatic carbocycles. The Bertz CT molecular complexity index is 1650. The van der Waals surface area contributed by atoms with Crippen LogP contribution in [0.4, 0.5) is 10.5 Å². The topological polar surface area (TPSA) is 208 Å². The van der Waals surface area contributed by atoms with Crippen molar-refractivity contribution in [2.24, 2.45) is 0 Å². The number of H-pyrrole nitrogens is 1. The summed E-state index contributed by atoms with van der Waals surface area (Å²) in [6, 6.07) is 11.0. The molecule has 0 fully saturated rings. The highest BCUT2D eigenvalue weighted by Crippen LogP contribution is 2.20. The zero-order valence-electron chi connectivity index (χ0n) is 28.8. The Balaban J connectivity index is 1.78. The molecule has 270 valence electrons. The van der Waals surface area contributed by atoms with Gasteiger partial charge in [-0.3, -0.25) is 24.0 Å². The van der Waals surface area contributed by atoms with Crippen LogP contribution in [0.3, 0.4) is 0 Å². The summed E-state index contributed by atoms with van der Waals surface area (Å²) in [4.78, 5) is 81.0. The maximum Gasteiger partial charge on any atom is 0.408 e. The lowest BCUT2D eigenvalue weighted by molar-refractivity contribution is -0.141. The molecule has 0 unspecified atom stereocenters. The number of aliphatic carboxylic acids is 1. The van der Waals surface area contributed by atoms with Crippen molar-refractivity contribution >= 4 is 64.0 Å². The molecule has 0 spiro atoms. The zero-order chi connectivity index (χ0) is 36.8. The number of carboxylic acids is 1. The fraction of sp³-hybridized carbons (Fsp3) is 0.429. The normalized spacial score (nSPS) is 13.6. The van der Waals surface area contributed by atoms with Gasteiger partial charge in [-0.05, 0) is 69.4 Å². The minimum atomic E-state index is -1.56. The molecule has 3 aromatic rings. The highest BCUT2D eigenvalue weighted by molar-refractivity contribution is 7.98. The number of fused-ring (bicyclic) bond motifs is 1. The van der Waals surface area contributed by atoms with E-state index in [0.29, 0.717) is 17.9 Å². The van der Waals surface area contributed by atoms with Crippen LogP contribution in [-0.2, 0) is 35.1 Å². The Kier molecular flexibility index (Phi) is 14.7. The van der Waals surface area contributed by atoms with Crippen molar-refractivity contribution in [3.05, 3.63) is 66.4 Å². The largest absolute Gasteiger partial charge is 0.481 e. The van der Waals surface area contributed by atoms with E-state index in [0.717, 1.165) is 16.5 Å². The molecule has 0 radical (unpaired) electrons. The van der Waals surface area contributed by atoms with Gasteiger partial charge in [0.25, 0.3) is 0 Å². The lowest BCUT2D eigenvalue weighted by Crippen LogP contribution is -2.58. The number of hydrogen-bond donors (Lipinski definition) is 7. The fourth-order valence-electron chi connectivity index (χ4n) is 4.81. The maximum atomic E-state index is 13.8. The predicted octanol–water partition coefficient (Wildman–Crippen LogP) is 3.33. The third-order valence-corrected chi connectivity index (χ3v) is 8.62. The minimum absolute atomic E-state index is 0.0569. The second-order valence-corrected chi connectivity index (χ2v) is 13.3. The average molecular weight is 711 g/mol. The number of aromatic nitrogens is 1. The Hall–Kier alpha value is -5.05. The van der Waals surface area contributed by atoms with Crippen molar-refractivity contribution in [2.45, 2.75) is 83.1 Å². The summed E-state index contributed by atoms with van der Waals surface area (Å²) >= 11 is 1.41. The van der Waals surface area contributed by atoms with Crippen LogP contribution in [0.15, 0.2) is 60.8 Å². The number of carboxylic acid groups (broad SMARTS) is 1. The molecule has 7 N–H and O–H groups in total. The number of para-hydroxylation sites is 2. The van der Waals surface area contributed by atoms with Gasteiger partial charge in [0.05, 0.1) is 6.42 Å². The summed E-state index contributed by atoms with van der Waals surface area (Å²) in [6.45, 7) is 6.76. The molecule has 3 rings (SSSR count). The number of carbonyl (C=O) groups is 6. The molecule has 1 aromatic heterocycles. The van der Waals surface area contributed by atoms with E-state index in [1.807, 2.05) is 37.4 Å². The Morgan fingerprint density at radius 1 is 0.840 bits per heavy atom. The second-order valence-electron chi connectivity index (χ2n) is 12.4. The predicted molar refractivity (Wildman–Crippen MR) is 192 cm³/mol. The molecular weight excluding hydrogens is 664 g/mol. The smallest absolute Gasteiger partial charge is 0.408 e. The number of carbonyl (C=O) groups excluding carboxylic acids is 5. The standard InChI is InChI=1S/C35H46N6O8S/c1-6-35(3,4)49-34(48)41-27(18-22-20-36-25-15-11-10-14-24(22)25)33(47)39-26(16-17-50-5)31(45)40-28(19-29(42)43)32(46)37-21(2)30(44)38-23-12-8-7-9-13-23/h7-15,20-21,26-28,36H,6,16-19H2,1-5H3,(H,37,46)(H,38,44)(H,39,47)(H,40,45)(H,41,48)(H,42,43)/t21-,26-,27-,28-/m0/s1. The van der Waals surface area contributed by atoms with Crippen molar-refractivity contribution < 1.29 is 38.6 Å². The number of amides is 5. The van der Waals surface area contributed by atoms with E-state index in [1.165, 1.54) is 18.7 Å². The number of benzene rings is 2.